The number of imidazole rings is 1. The highest BCUT2D eigenvalue weighted by atomic mass is 32.2. The van der Waals surface area contributed by atoms with Crippen molar-refractivity contribution >= 4 is 9.84 Å². The van der Waals surface area contributed by atoms with Crippen molar-refractivity contribution in [2.75, 3.05) is 0 Å². The van der Waals surface area contributed by atoms with Gasteiger partial charge in [0.05, 0.1) is 6.04 Å². The quantitative estimate of drug-likeness (QED) is 0.798. The second-order valence-electron chi connectivity index (χ2n) is 6.61. The van der Waals surface area contributed by atoms with Crippen LogP contribution in [0.5, 0.6) is 0 Å². The molecule has 0 amide bonds. The van der Waals surface area contributed by atoms with Crippen molar-refractivity contribution in [1.82, 2.24) is 29.8 Å². The number of aromatic nitrogens is 6. The molecule has 126 valence electrons. The molecule has 2 aromatic heterocycles. The summed E-state index contributed by atoms with van der Waals surface area (Å²) in [7, 11) is -3.61. The lowest BCUT2D eigenvalue weighted by Crippen LogP contribution is -2.18. The topological polar surface area (TPSA) is 95.6 Å². The summed E-state index contributed by atoms with van der Waals surface area (Å²) in [5.41, 5.74) is 0.917. The van der Waals surface area contributed by atoms with Gasteiger partial charge in [0.25, 0.3) is 0 Å². The third-order valence-corrected chi connectivity index (χ3v) is 5.45. The fourth-order valence-electron chi connectivity index (χ4n) is 2.68. The van der Waals surface area contributed by atoms with Crippen molar-refractivity contribution in [1.29, 1.82) is 0 Å². The highest BCUT2D eigenvalue weighted by Crippen LogP contribution is 2.35. The maximum atomic E-state index is 12.9. The molecular weight excluding hydrogens is 316 g/mol. The zero-order valence-electron chi connectivity index (χ0n) is 13.8. The maximum Gasteiger partial charge on any atom is 0.228 e. The first kappa shape index (κ1) is 16.1. The molecule has 1 aliphatic rings. The van der Waals surface area contributed by atoms with E-state index in [-0.39, 0.29) is 28.9 Å². The lowest BCUT2D eigenvalue weighted by Gasteiger charge is -2.17. The molecule has 0 saturated heterocycles. The van der Waals surface area contributed by atoms with E-state index in [0.717, 1.165) is 18.5 Å². The lowest BCUT2D eigenvalue weighted by atomic mass is 10.1. The summed E-state index contributed by atoms with van der Waals surface area (Å²) in [6, 6.07) is 0.255. The van der Waals surface area contributed by atoms with Crippen LogP contribution in [0.1, 0.15) is 70.1 Å². The molecule has 0 spiro atoms. The normalized spacial score (nSPS) is 15.7. The van der Waals surface area contributed by atoms with E-state index in [1.165, 1.54) is 0 Å². The van der Waals surface area contributed by atoms with Gasteiger partial charge >= 0.3 is 0 Å². The Kier molecular flexibility index (Phi) is 3.99. The minimum Gasteiger partial charge on any atom is -0.316 e. The summed E-state index contributed by atoms with van der Waals surface area (Å²) >= 11 is 0. The number of hydrogen-bond donors (Lipinski definition) is 0. The van der Waals surface area contributed by atoms with Gasteiger partial charge in [0.2, 0.25) is 15.0 Å². The smallest absolute Gasteiger partial charge is 0.228 e. The first-order valence-corrected chi connectivity index (χ1v) is 9.53. The van der Waals surface area contributed by atoms with Gasteiger partial charge in [-0.25, -0.2) is 18.1 Å². The van der Waals surface area contributed by atoms with Crippen LogP contribution in [0, 0.1) is 0 Å². The lowest BCUT2D eigenvalue weighted by molar-refractivity contribution is 0.494. The van der Waals surface area contributed by atoms with Gasteiger partial charge in [-0.15, -0.1) is 5.10 Å². The number of tetrazole rings is 1. The Labute approximate surface area is 135 Å². The molecule has 0 radical (unpaired) electrons. The Hall–Kier alpha value is -1.77. The highest BCUT2D eigenvalue weighted by molar-refractivity contribution is 7.90. The predicted molar refractivity (Wildman–Crippen MR) is 83.7 cm³/mol. The molecule has 0 bridgehead atoms. The van der Waals surface area contributed by atoms with E-state index >= 15 is 0 Å². The molecule has 0 atom stereocenters. The summed E-state index contributed by atoms with van der Waals surface area (Å²) < 4.78 is 29.2. The Bertz CT molecular complexity index is 801. The maximum absolute atomic E-state index is 12.9. The average molecular weight is 338 g/mol. The van der Waals surface area contributed by atoms with Crippen LogP contribution >= 0.6 is 0 Å². The fraction of sp³-hybridized carbons (Fsp3) is 0.714. The minimum absolute atomic E-state index is 0.0131. The van der Waals surface area contributed by atoms with Crippen LogP contribution in [0.2, 0.25) is 0 Å². The third kappa shape index (κ3) is 3.01. The highest BCUT2D eigenvalue weighted by Gasteiger charge is 2.32. The second kappa shape index (κ2) is 5.70. The van der Waals surface area contributed by atoms with Gasteiger partial charge in [-0.1, -0.05) is 13.8 Å². The number of hydrogen-bond acceptors (Lipinski definition) is 6. The molecule has 1 aliphatic carbocycles. The van der Waals surface area contributed by atoms with E-state index < -0.39 is 9.84 Å². The molecule has 2 heterocycles. The molecule has 1 saturated carbocycles. The van der Waals surface area contributed by atoms with Crippen LogP contribution in [0.4, 0.5) is 0 Å². The zero-order valence-corrected chi connectivity index (χ0v) is 14.7. The number of sulfone groups is 1. The standard InChI is InChI=1S/C14H22N6O2S/c1-9(2)12-7-15-14(19(12)10(3)4)23(21,22)8-13-16-17-18-20(13)11-5-6-11/h7,9-11H,5-6,8H2,1-4H3. The molecule has 9 heteroatoms. The SMILES string of the molecule is CC(C)c1cnc(S(=O)(=O)Cc2nnnn2C2CC2)n1C(C)C. The van der Waals surface area contributed by atoms with Crippen molar-refractivity contribution in [3.63, 3.8) is 0 Å². The van der Waals surface area contributed by atoms with Crippen molar-refractivity contribution in [3.8, 4) is 0 Å². The van der Waals surface area contributed by atoms with Crippen LogP contribution in [-0.4, -0.2) is 38.2 Å². The van der Waals surface area contributed by atoms with Crippen LogP contribution in [-0.2, 0) is 15.6 Å². The molecule has 3 rings (SSSR count). The molecule has 0 unspecified atom stereocenters. The van der Waals surface area contributed by atoms with Gasteiger partial charge in [0.15, 0.2) is 5.82 Å². The van der Waals surface area contributed by atoms with Crippen molar-refractivity contribution in [2.45, 2.75) is 69.4 Å². The van der Waals surface area contributed by atoms with Crippen molar-refractivity contribution in [3.05, 3.63) is 17.7 Å². The van der Waals surface area contributed by atoms with Crippen molar-refractivity contribution < 1.29 is 8.42 Å². The van der Waals surface area contributed by atoms with Gasteiger partial charge in [-0.05, 0) is 43.0 Å². The largest absolute Gasteiger partial charge is 0.316 e. The second-order valence-corrected chi connectivity index (χ2v) is 8.50. The van der Waals surface area contributed by atoms with E-state index in [9.17, 15) is 8.42 Å². The van der Waals surface area contributed by atoms with Gasteiger partial charge in [0.1, 0.15) is 5.75 Å². The van der Waals surface area contributed by atoms with Crippen LogP contribution in [0.25, 0.3) is 0 Å². The van der Waals surface area contributed by atoms with Crippen LogP contribution < -0.4 is 0 Å². The van der Waals surface area contributed by atoms with Gasteiger partial charge in [0, 0.05) is 17.9 Å². The van der Waals surface area contributed by atoms with Crippen LogP contribution in [0.15, 0.2) is 11.4 Å². The molecule has 8 nitrogen and oxygen atoms in total. The Morgan fingerprint density at radius 1 is 1.26 bits per heavy atom. The summed E-state index contributed by atoms with van der Waals surface area (Å²) in [6.45, 7) is 7.97. The summed E-state index contributed by atoms with van der Waals surface area (Å²) in [4.78, 5) is 4.20. The average Bonchev–Trinajstić information content (AvgIpc) is 3.01. The van der Waals surface area contributed by atoms with E-state index in [0.29, 0.717) is 5.82 Å². The summed E-state index contributed by atoms with van der Waals surface area (Å²) in [6.07, 6.45) is 3.65. The third-order valence-electron chi connectivity index (χ3n) is 3.95. The van der Waals surface area contributed by atoms with Gasteiger partial charge in [-0.2, -0.15) is 0 Å². The molecular formula is C14H22N6O2S. The van der Waals surface area contributed by atoms with Gasteiger partial charge < -0.3 is 4.57 Å². The Morgan fingerprint density at radius 3 is 2.52 bits per heavy atom. The minimum atomic E-state index is -3.61. The number of rotatable bonds is 6. The first-order chi connectivity index (χ1) is 10.8. The van der Waals surface area contributed by atoms with E-state index in [1.54, 1.807) is 15.4 Å². The molecule has 1 fully saturated rings. The molecule has 23 heavy (non-hydrogen) atoms. The first-order valence-electron chi connectivity index (χ1n) is 7.88. The van der Waals surface area contributed by atoms with E-state index in [4.69, 9.17) is 0 Å². The molecule has 2 aromatic rings. The zero-order chi connectivity index (χ0) is 16.8. The van der Waals surface area contributed by atoms with Crippen molar-refractivity contribution in [2.24, 2.45) is 0 Å². The number of nitrogens with zero attached hydrogens (tertiary/aromatic N) is 6. The monoisotopic (exact) mass is 338 g/mol. The van der Waals surface area contributed by atoms with E-state index in [2.05, 4.69) is 20.5 Å². The predicted octanol–water partition coefficient (Wildman–Crippen LogP) is 1.88. The fourth-order valence-corrected chi connectivity index (χ4v) is 4.17. The summed E-state index contributed by atoms with van der Waals surface area (Å²) in [5, 5.41) is 11.5. The Balaban J connectivity index is 1.98. The molecule has 0 aliphatic heterocycles. The van der Waals surface area contributed by atoms with E-state index in [1.807, 2.05) is 27.7 Å². The molecule has 0 N–H and O–H groups in total. The Morgan fingerprint density at radius 2 is 1.96 bits per heavy atom. The van der Waals surface area contributed by atoms with Gasteiger partial charge in [-0.3, -0.25) is 0 Å². The molecule has 0 aromatic carbocycles. The summed E-state index contributed by atoms with van der Waals surface area (Å²) in [5.74, 6) is 0.361. The van der Waals surface area contributed by atoms with Crippen LogP contribution in [0.3, 0.4) is 0 Å².